The van der Waals surface area contributed by atoms with Crippen LogP contribution in [0.2, 0.25) is 0 Å². The Labute approximate surface area is 159 Å². The summed E-state index contributed by atoms with van der Waals surface area (Å²) in [5.41, 5.74) is 3.44. The molecule has 0 aliphatic heterocycles. The zero-order valence-corrected chi connectivity index (χ0v) is 16.1. The lowest BCUT2D eigenvalue weighted by Gasteiger charge is -2.04. The molecule has 0 unspecified atom stereocenters. The number of nitrogens with zero attached hydrogens (tertiary/aromatic N) is 3. The van der Waals surface area contributed by atoms with Gasteiger partial charge in [-0.1, -0.05) is 48.9 Å². The van der Waals surface area contributed by atoms with Crippen molar-refractivity contribution in [3.63, 3.8) is 0 Å². The minimum Gasteiger partial charge on any atom is -0.508 e. The maximum absolute atomic E-state index is 12.8. The highest BCUT2D eigenvalue weighted by Gasteiger charge is 2.13. The summed E-state index contributed by atoms with van der Waals surface area (Å²) in [7, 11) is 0. The first-order valence-electron chi connectivity index (χ1n) is 9.57. The van der Waals surface area contributed by atoms with Gasteiger partial charge in [0.1, 0.15) is 11.6 Å². The average Bonchev–Trinajstić information content (AvgIpc) is 2.95. The van der Waals surface area contributed by atoms with Gasteiger partial charge in [-0.2, -0.15) is 5.10 Å². The fourth-order valence-electron chi connectivity index (χ4n) is 3.20. The Balaban J connectivity index is 1.72. The van der Waals surface area contributed by atoms with Crippen molar-refractivity contribution in [2.75, 3.05) is 0 Å². The number of hydrogen-bond acceptors (Lipinski definition) is 3. The zero-order valence-electron chi connectivity index (χ0n) is 16.1. The Kier molecular flexibility index (Phi) is 6.12. The molecule has 1 aromatic heterocycles. The van der Waals surface area contributed by atoms with Crippen molar-refractivity contribution in [2.45, 2.75) is 52.6 Å². The lowest BCUT2D eigenvalue weighted by molar-refractivity contribution is 0.475. The second kappa shape index (κ2) is 8.71. The van der Waals surface area contributed by atoms with Gasteiger partial charge >= 0.3 is 5.69 Å². The first-order valence-corrected chi connectivity index (χ1v) is 9.57. The molecule has 0 saturated heterocycles. The smallest absolute Gasteiger partial charge is 0.346 e. The molecule has 0 aliphatic rings. The third-order valence-corrected chi connectivity index (χ3v) is 4.70. The molecule has 0 fully saturated rings. The monoisotopic (exact) mass is 365 g/mol. The molecule has 5 heteroatoms. The quantitative estimate of drug-likeness (QED) is 0.662. The fraction of sp³-hybridized carbons (Fsp3) is 0.364. The van der Waals surface area contributed by atoms with Gasteiger partial charge in [0.25, 0.3) is 0 Å². The van der Waals surface area contributed by atoms with E-state index in [0.29, 0.717) is 13.1 Å². The lowest BCUT2D eigenvalue weighted by Crippen LogP contribution is -2.26. The van der Waals surface area contributed by atoms with Crippen molar-refractivity contribution in [1.29, 1.82) is 0 Å². The van der Waals surface area contributed by atoms with E-state index in [1.54, 1.807) is 16.8 Å². The SMILES string of the molecule is CCCn1c(CCCc2ccc(O)cc2)nn(Cc2ccc(C)cc2)c1=O. The standard InChI is InChI=1S/C22H27N3O2/c1-3-15-24-21(6-4-5-18-11-13-20(26)14-12-18)23-25(22(24)27)16-19-9-7-17(2)8-10-19/h7-14,26H,3-6,15-16H2,1-2H3. The minimum atomic E-state index is -0.0305. The molecule has 5 nitrogen and oxygen atoms in total. The molecule has 0 bridgehead atoms. The van der Waals surface area contributed by atoms with Gasteiger partial charge in [-0.3, -0.25) is 4.57 Å². The Morgan fingerprint density at radius 2 is 1.63 bits per heavy atom. The summed E-state index contributed by atoms with van der Waals surface area (Å²) in [6.07, 6.45) is 3.47. The summed E-state index contributed by atoms with van der Waals surface area (Å²) < 4.78 is 3.39. The van der Waals surface area contributed by atoms with Crippen LogP contribution in [0.1, 0.15) is 42.3 Å². The van der Waals surface area contributed by atoms with E-state index in [9.17, 15) is 9.90 Å². The second-order valence-corrected chi connectivity index (χ2v) is 7.01. The number of aromatic hydroxyl groups is 1. The van der Waals surface area contributed by atoms with Crippen LogP contribution < -0.4 is 5.69 Å². The number of phenols is 1. The van der Waals surface area contributed by atoms with Crippen molar-refractivity contribution in [2.24, 2.45) is 0 Å². The average molecular weight is 365 g/mol. The molecule has 2 aromatic carbocycles. The van der Waals surface area contributed by atoms with Gasteiger partial charge in [0.15, 0.2) is 0 Å². The van der Waals surface area contributed by atoms with Crippen LogP contribution in [-0.2, 0) is 25.9 Å². The maximum atomic E-state index is 12.8. The zero-order chi connectivity index (χ0) is 19.2. The first-order chi connectivity index (χ1) is 13.1. The predicted molar refractivity (Wildman–Crippen MR) is 107 cm³/mol. The van der Waals surface area contributed by atoms with E-state index in [1.165, 1.54) is 11.1 Å². The molecule has 0 saturated carbocycles. The predicted octanol–water partition coefficient (Wildman–Crippen LogP) is 3.69. The van der Waals surface area contributed by atoms with E-state index in [2.05, 4.69) is 31.1 Å². The molecule has 1 N–H and O–H groups in total. The summed E-state index contributed by atoms with van der Waals surface area (Å²) in [4.78, 5) is 12.8. The van der Waals surface area contributed by atoms with Crippen LogP contribution in [0.5, 0.6) is 5.75 Å². The van der Waals surface area contributed by atoms with Crippen LogP contribution in [0.3, 0.4) is 0 Å². The molecular weight excluding hydrogens is 338 g/mol. The number of hydrogen-bond donors (Lipinski definition) is 1. The number of benzene rings is 2. The number of phenolic OH excluding ortho intramolecular Hbond substituents is 1. The van der Waals surface area contributed by atoms with Gasteiger partial charge in [0.2, 0.25) is 0 Å². The van der Waals surface area contributed by atoms with Crippen LogP contribution >= 0.6 is 0 Å². The van der Waals surface area contributed by atoms with Gasteiger partial charge in [0.05, 0.1) is 6.54 Å². The Morgan fingerprint density at radius 1 is 0.963 bits per heavy atom. The highest BCUT2D eigenvalue weighted by atomic mass is 16.3. The van der Waals surface area contributed by atoms with Crippen LogP contribution in [0.15, 0.2) is 53.3 Å². The van der Waals surface area contributed by atoms with Crippen molar-refractivity contribution >= 4 is 0 Å². The Morgan fingerprint density at radius 3 is 2.30 bits per heavy atom. The molecule has 0 spiro atoms. The summed E-state index contributed by atoms with van der Waals surface area (Å²) in [5, 5.41) is 14.0. The molecule has 0 aliphatic carbocycles. The van der Waals surface area contributed by atoms with Crippen molar-refractivity contribution in [3.05, 3.63) is 81.5 Å². The Hall–Kier alpha value is -2.82. The van der Waals surface area contributed by atoms with Crippen LogP contribution in [-0.4, -0.2) is 19.5 Å². The van der Waals surface area contributed by atoms with Crippen molar-refractivity contribution in [3.8, 4) is 5.75 Å². The summed E-state index contributed by atoms with van der Waals surface area (Å²) in [6, 6.07) is 15.5. The van der Waals surface area contributed by atoms with Crippen LogP contribution in [0.4, 0.5) is 0 Å². The van der Waals surface area contributed by atoms with Gasteiger partial charge in [-0.25, -0.2) is 9.48 Å². The third-order valence-electron chi connectivity index (χ3n) is 4.70. The van der Waals surface area contributed by atoms with E-state index in [0.717, 1.165) is 37.1 Å². The molecule has 0 amide bonds. The molecule has 0 atom stereocenters. The van der Waals surface area contributed by atoms with E-state index in [4.69, 9.17) is 0 Å². The van der Waals surface area contributed by atoms with Crippen molar-refractivity contribution < 1.29 is 5.11 Å². The molecule has 27 heavy (non-hydrogen) atoms. The maximum Gasteiger partial charge on any atom is 0.346 e. The first kappa shape index (κ1) is 19.0. The van der Waals surface area contributed by atoms with Gasteiger partial charge in [-0.15, -0.1) is 0 Å². The summed E-state index contributed by atoms with van der Waals surface area (Å²) >= 11 is 0. The lowest BCUT2D eigenvalue weighted by atomic mass is 10.1. The van der Waals surface area contributed by atoms with E-state index in [-0.39, 0.29) is 11.4 Å². The highest BCUT2D eigenvalue weighted by molar-refractivity contribution is 5.26. The largest absolute Gasteiger partial charge is 0.508 e. The highest BCUT2D eigenvalue weighted by Crippen LogP contribution is 2.12. The topological polar surface area (TPSA) is 60.0 Å². The van der Waals surface area contributed by atoms with Gasteiger partial charge in [0, 0.05) is 13.0 Å². The summed E-state index contributed by atoms with van der Waals surface area (Å²) in [6.45, 7) is 5.32. The van der Waals surface area contributed by atoms with Crippen molar-refractivity contribution in [1.82, 2.24) is 14.3 Å². The molecule has 142 valence electrons. The number of aryl methyl sites for hydroxylation is 3. The molecule has 1 heterocycles. The van der Waals surface area contributed by atoms with Crippen LogP contribution in [0.25, 0.3) is 0 Å². The second-order valence-electron chi connectivity index (χ2n) is 7.01. The summed E-state index contributed by atoms with van der Waals surface area (Å²) in [5.74, 6) is 1.14. The van der Waals surface area contributed by atoms with Crippen LogP contribution in [0, 0.1) is 6.92 Å². The number of rotatable bonds is 8. The van der Waals surface area contributed by atoms with Gasteiger partial charge < -0.3 is 5.11 Å². The molecular formula is C22H27N3O2. The van der Waals surface area contributed by atoms with Gasteiger partial charge in [-0.05, 0) is 49.4 Å². The fourth-order valence-corrected chi connectivity index (χ4v) is 3.20. The molecule has 0 radical (unpaired) electrons. The third kappa shape index (κ3) is 4.88. The van der Waals surface area contributed by atoms with E-state index < -0.39 is 0 Å². The molecule has 3 aromatic rings. The van der Waals surface area contributed by atoms with E-state index in [1.807, 2.05) is 28.8 Å². The minimum absolute atomic E-state index is 0.0305. The van der Waals surface area contributed by atoms with E-state index >= 15 is 0 Å². The Bertz CT molecular complexity index is 922. The normalized spacial score (nSPS) is 11.0. The number of aromatic nitrogens is 3. The molecule has 3 rings (SSSR count).